The van der Waals surface area contributed by atoms with Crippen molar-refractivity contribution in [2.24, 2.45) is 0 Å². The van der Waals surface area contributed by atoms with E-state index in [1.165, 1.54) is 0 Å². The summed E-state index contributed by atoms with van der Waals surface area (Å²) in [5, 5.41) is 2.54. The summed E-state index contributed by atoms with van der Waals surface area (Å²) in [5.41, 5.74) is -0.0825. The Morgan fingerprint density at radius 3 is 2.00 bits per heavy atom. The highest BCUT2D eigenvalue weighted by atomic mass is 35.7. The first kappa shape index (κ1) is 16.9. The van der Waals surface area contributed by atoms with Crippen molar-refractivity contribution in [3.8, 4) is 0 Å². The van der Waals surface area contributed by atoms with Crippen molar-refractivity contribution in [3.63, 3.8) is 0 Å². The molecular weight excluding hydrogens is 326 g/mol. The summed E-state index contributed by atoms with van der Waals surface area (Å²) in [6, 6.07) is 2.89. The predicted octanol–water partition coefficient (Wildman–Crippen LogP) is 1.16. The van der Waals surface area contributed by atoms with Gasteiger partial charge < -0.3 is 5.32 Å². The van der Waals surface area contributed by atoms with Crippen molar-refractivity contribution < 1.29 is 21.6 Å². The average molecular weight is 340 g/mol. The van der Waals surface area contributed by atoms with Gasteiger partial charge in [-0.3, -0.25) is 4.79 Å². The Balaban J connectivity index is 3.51. The SMILES string of the molecule is CC(C)NC(=O)c1cc(S(C)(=O)=O)cc(S(=O)(=O)Cl)c1. The van der Waals surface area contributed by atoms with Crippen LogP contribution in [0.5, 0.6) is 0 Å². The Morgan fingerprint density at radius 2 is 1.60 bits per heavy atom. The molecular formula is C11H14ClNO5S2. The van der Waals surface area contributed by atoms with Crippen molar-refractivity contribution in [2.75, 3.05) is 6.26 Å². The van der Waals surface area contributed by atoms with Gasteiger partial charge in [0.25, 0.3) is 15.0 Å². The molecule has 0 bridgehead atoms. The lowest BCUT2D eigenvalue weighted by atomic mass is 10.2. The van der Waals surface area contributed by atoms with Gasteiger partial charge >= 0.3 is 0 Å². The fraction of sp³-hybridized carbons (Fsp3) is 0.364. The minimum atomic E-state index is -4.14. The normalized spacial score (nSPS) is 12.4. The Morgan fingerprint density at radius 1 is 1.10 bits per heavy atom. The smallest absolute Gasteiger partial charge is 0.261 e. The maximum absolute atomic E-state index is 11.9. The highest BCUT2D eigenvalue weighted by Crippen LogP contribution is 2.22. The molecule has 0 saturated carbocycles. The second-order valence-corrected chi connectivity index (χ2v) is 9.11. The summed E-state index contributed by atoms with van der Waals surface area (Å²) in [6.45, 7) is 3.44. The molecule has 0 spiro atoms. The van der Waals surface area contributed by atoms with E-state index >= 15 is 0 Å². The summed E-state index contributed by atoms with van der Waals surface area (Å²) >= 11 is 0. The molecule has 0 saturated heterocycles. The maximum atomic E-state index is 11.9. The van der Waals surface area contributed by atoms with Crippen LogP contribution in [-0.2, 0) is 18.9 Å². The number of halogens is 1. The van der Waals surface area contributed by atoms with Crippen LogP contribution in [0.15, 0.2) is 28.0 Å². The van der Waals surface area contributed by atoms with Crippen LogP contribution in [0.4, 0.5) is 0 Å². The molecule has 9 heteroatoms. The molecule has 0 heterocycles. The van der Waals surface area contributed by atoms with Gasteiger partial charge in [-0.05, 0) is 32.0 Å². The highest BCUT2D eigenvalue weighted by molar-refractivity contribution is 8.13. The van der Waals surface area contributed by atoms with Gasteiger partial charge in [0.15, 0.2) is 9.84 Å². The largest absolute Gasteiger partial charge is 0.350 e. The molecule has 6 nitrogen and oxygen atoms in total. The van der Waals surface area contributed by atoms with E-state index in [9.17, 15) is 21.6 Å². The molecule has 0 radical (unpaired) electrons. The van der Waals surface area contributed by atoms with E-state index in [-0.39, 0.29) is 16.5 Å². The average Bonchev–Trinajstić information content (AvgIpc) is 2.25. The van der Waals surface area contributed by atoms with Crippen LogP contribution >= 0.6 is 10.7 Å². The molecule has 0 aliphatic rings. The maximum Gasteiger partial charge on any atom is 0.261 e. The summed E-state index contributed by atoms with van der Waals surface area (Å²) in [4.78, 5) is 11.2. The lowest BCUT2D eigenvalue weighted by molar-refractivity contribution is 0.0942. The number of rotatable bonds is 4. The Labute approximate surface area is 122 Å². The number of amides is 1. The zero-order valence-corrected chi connectivity index (χ0v) is 13.4. The number of hydrogen-bond acceptors (Lipinski definition) is 5. The molecule has 0 unspecified atom stereocenters. The predicted molar refractivity (Wildman–Crippen MR) is 75.2 cm³/mol. The Hall–Kier alpha value is -1.12. The van der Waals surface area contributed by atoms with Crippen LogP contribution in [0.25, 0.3) is 0 Å². The van der Waals surface area contributed by atoms with Crippen molar-refractivity contribution in [3.05, 3.63) is 23.8 Å². The van der Waals surface area contributed by atoms with E-state index in [1.54, 1.807) is 13.8 Å². The molecule has 1 amide bonds. The molecule has 0 atom stereocenters. The fourth-order valence-electron chi connectivity index (χ4n) is 1.40. The highest BCUT2D eigenvalue weighted by Gasteiger charge is 2.19. The van der Waals surface area contributed by atoms with E-state index in [0.29, 0.717) is 0 Å². The molecule has 1 rings (SSSR count). The number of benzene rings is 1. The van der Waals surface area contributed by atoms with Crippen LogP contribution in [0.1, 0.15) is 24.2 Å². The lowest BCUT2D eigenvalue weighted by Gasteiger charge is -2.10. The lowest BCUT2D eigenvalue weighted by Crippen LogP contribution is -2.30. The van der Waals surface area contributed by atoms with Crippen LogP contribution in [-0.4, -0.2) is 35.0 Å². The third-order valence-corrected chi connectivity index (χ3v) is 4.70. The molecule has 1 aromatic carbocycles. The van der Waals surface area contributed by atoms with Crippen molar-refractivity contribution in [2.45, 2.75) is 29.7 Å². The van der Waals surface area contributed by atoms with Gasteiger partial charge in [-0.1, -0.05) is 0 Å². The van der Waals surface area contributed by atoms with Crippen molar-refractivity contribution in [1.82, 2.24) is 5.32 Å². The second kappa shape index (κ2) is 5.71. The zero-order valence-electron chi connectivity index (χ0n) is 11.0. The number of nitrogens with one attached hydrogen (secondary N) is 1. The van der Waals surface area contributed by atoms with Gasteiger partial charge in [0, 0.05) is 28.5 Å². The third-order valence-electron chi connectivity index (χ3n) is 2.27. The topological polar surface area (TPSA) is 97.4 Å². The first-order valence-corrected chi connectivity index (χ1v) is 9.72. The second-order valence-electron chi connectivity index (χ2n) is 4.53. The minimum absolute atomic E-state index is 0.0825. The third kappa shape index (κ3) is 4.46. The van der Waals surface area contributed by atoms with Crippen LogP contribution in [0.2, 0.25) is 0 Å². The van der Waals surface area contributed by atoms with Crippen molar-refractivity contribution in [1.29, 1.82) is 0 Å². The van der Waals surface area contributed by atoms with Gasteiger partial charge in [-0.15, -0.1) is 0 Å². The number of sulfone groups is 1. The van der Waals surface area contributed by atoms with E-state index in [0.717, 1.165) is 24.5 Å². The molecule has 112 valence electrons. The van der Waals surface area contributed by atoms with Crippen molar-refractivity contribution >= 4 is 35.5 Å². The van der Waals surface area contributed by atoms with Crippen LogP contribution < -0.4 is 5.32 Å². The summed E-state index contributed by atoms with van der Waals surface area (Å²) < 4.78 is 45.8. The summed E-state index contributed by atoms with van der Waals surface area (Å²) in [5.74, 6) is -0.577. The summed E-state index contributed by atoms with van der Waals surface area (Å²) in [7, 11) is -2.61. The van der Waals surface area contributed by atoms with E-state index in [2.05, 4.69) is 5.32 Å². The summed E-state index contributed by atoms with van der Waals surface area (Å²) in [6.07, 6.45) is 0.914. The first-order valence-electron chi connectivity index (χ1n) is 5.52. The van der Waals surface area contributed by atoms with E-state index in [4.69, 9.17) is 10.7 Å². The molecule has 0 fully saturated rings. The molecule has 0 aromatic heterocycles. The monoisotopic (exact) mass is 339 g/mol. The fourth-order valence-corrected chi connectivity index (χ4v) is 2.96. The number of carbonyl (C=O) groups is 1. The van der Waals surface area contributed by atoms with Gasteiger partial charge in [-0.25, -0.2) is 16.8 Å². The molecule has 0 aliphatic heterocycles. The van der Waals surface area contributed by atoms with Crippen LogP contribution in [0, 0.1) is 0 Å². The van der Waals surface area contributed by atoms with Gasteiger partial charge in [-0.2, -0.15) is 0 Å². The van der Waals surface area contributed by atoms with E-state index < -0.39 is 29.7 Å². The van der Waals surface area contributed by atoms with E-state index in [1.807, 2.05) is 0 Å². The molecule has 1 N–H and O–H groups in total. The van der Waals surface area contributed by atoms with Gasteiger partial charge in [0.05, 0.1) is 9.79 Å². The van der Waals surface area contributed by atoms with Gasteiger partial charge in [0.1, 0.15) is 0 Å². The van der Waals surface area contributed by atoms with Gasteiger partial charge in [0.2, 0.25) is 0 Å². The molecule has 20 heavy (non-hydrogen) atoms. The molecule has 1 aromatic rings. The van der Waals surface area contributed by atoms with Crippen LogP contribution in [0.3, 0.4) is 0 Å². The zero-order chi connectivity index (χ0) is 15.7. The molecule has 0 aliphatic carbocycles. The number of hydrogen-bond donors (Lipinski definition) is 1. The quantitative estimate of drug-likeness (QED) is 0.830. The Bertz CT molecular complexity index is 688. The first-order chi connectivity index (χ1) is 8.91. The Kier molecular flexibility index (Phi) is 4.83. The number of carbonyl (C=O) groups excluding carboxylic acids is 1. The minimum Gasteiger partial charge on any atom is -0.350 e. The standard InChI is InChI=1S/C11H14ClNO5S2/c1-7(2)13-11(14)8-4-9(19(3,15)16)6-10(5-8)20(12,17)18/h4-7H,1-3H3,(H,13,14).